The zero-order valence-corrected chi connectivity index (χ0v) is 10.3. The van der Waals surface area contributed by atoms with Crippen molar-refractivity contribution in [3.05, 3.63) is 17.5 Å². The molecule has 0 fully saturated rings. The lowest BCUT2D eigenvalue weighted by molar-refractivity contribution is -0.141. The van der Waals surface area contributed by atoms with Crippen LogP contribution in [-0.2, 0) is 16.1 Å². The summed E-state index contributed by atoms with van der Waals surface area (Å²) in [4.78, 5) is 22.8. The topological polar surface area (TPSA) is 73.2 Å². The van der Waals surface area contributed by atoms with Crippen molar-refractivity contribution in [1.82, 2.24) is 15.1 Å². The molecule has 0 spiro atoms. The van der Waals surface area contributed by atoms with Crippen LogP contribution in [0.5, 0.6) is 0 Å². The molecule has 94 valence electrons. The Morgan fingerprint density at radius 3 is 2.76 bits per heavy atom. The van der Waals surface area contributed by atoms with Crippen molar-refractivity contribution >= 4 is 11.9 Å². The molecular weight excluding hydrogens is 222 g/mol. The number of rotatable bonds is 5. The van der Waals surface area contributed by atoms with Crippen LogP contribution in [0.4, 0.5) is 0 Å². The van der Waals surface area contributed by atoms with E-state index in [1.807, 2.05) is 13.8 Å². The highest BCUT2D eigenvalue weighted by molar-refractivity contribution is 5.94. The lowest BCUT2D eigenvalue weighted by Gasteiger charge is -2.06. The maximum Gasteiger partial charge on any atom is 0.325 e. The quantitative estimate of drug-likeness (QED) is 0.759. The molecule has 1 heterocycles. The smallest absolute Gasteiger partial charge is 0.325 e. The van der Waals surface area contributed by atoms with Gasteiger partial charge < -0.3 is 10.1 Å². The molecule has 6 nitrogen and oxygen atoms in total. The van der Waals surface area contributed by atoms with Gasteiger partial charge in [0.25, 0.3) is 5.91 Å². The van der Waals surface area contributed by atoms with Crippen molar-refractivity contribution < 1.29 is 14.3 Å². The summed E-state index contributed by atoms with van der Waals surface area (Å²) in [7, 11) is 0. The van der Waals surface area contributed by atoms with E-state index in [-0.39, 0.29) is 12.5 Å². The van der Waals surface area contributed by atoms with E-state index in [0.717, 1.165) is 5.69 Å². The van der Waals surface area contributed by atoms with Gasteiger partial charge >= 0.3 is 5.97 Å². The van der Waals surface area contributed by atoms with E-state index >= 15 is 0 Å². The first-order chi connectivity index (χ1) is 8.08. The molecule has 1 aromatic heterocycles. The highest BCUT2D eigenvalue weighted by atomic mass is 16.5. The fourth-order valence-electron chi connectivity index (χ4n) is 1.42. The molecule has 6 heteroatoms. The van der Waals surface area contributed by atoms with Gasteiger partial charge in [-0.2, -0.15) is 5.10 Å². The predicted octanol–water partition coefficient (Wildman–Crippen LogP) is 0.504. The van der Waals surface area contributed by atoms with Crippen molar-refractivity contribution in [1.29, 1.82) is 0 Å². The number of carbonyl (C=O) groups is 2. The van der Waals surface area contributed by atoms with E-state index in [4.69, 9.17) is 4.74 Å². The predicted molar refractivity (Wildman–Crippen MR) is 61.6 cm³/mol. The summed E-state index contributed by atoms with van der Waals surface area (Å²) in [6.45, 7) is 6.22. The van der Waals surface area contributed by atoms with Crippen LogP contribution in [0.15, 0.2) is 6.07 Å². The first kappa shape index (κ1) is 13.2. The molecule has 0 aromatic carbocycles. The average molecular weight is 239 g/mol. The number of aryl methyl sites for hydroxylation is 2. The van der Waals surface area contributed by atoms with E-state index in [0.29, 0.717) is 18.8 Å². The molecule has 0 saturated heterocycles. The van der Waals surface area contributed by atoms with Gasteiger partial charge in [0.2, 0.25) is 0 Å². The van der Waals surface area contributed by atoms with Gasteiger partial charge in [0.1, 0.15) is 12.2 Å². The Balaban J connectivity index is 2.60. The molecule has 17 heavy (non-hydrogen) atoms. The molecule has 1 rings (SSSR count). The van der Waals surface area contributed by atoms with Crippen LogP contribution in [0.25, 0.3) is 0 Å². The Morgan fingerprint density at radius 1 is 1.47 bits per heavy atom. The van der Waals surface area contributed by atoms with E-state index in [9.17, 15) is 9.59 Å². The second kappa shape index (κ2) is 6.03. The van der Waals surface area contributed by atoms with Crippen LogP contribution in [0.2, 0.25) is 0 Å². The summed E-state index contributed by atoms with van der Waals surface area (Å²) in [6, 6.07) is 1.68. The fourth-order valence-corrected chi connectivity index (χ4v) is 1.42. The SMILES string of the molecule is CCOC(=O)CNC(=O)c1cc(C)nn1CC. The van der Waals surface area contributed by atoms with Crippen LogP contribution >= 0.6 is 0 Å². The van der Waals surface area contributed by atoms with Gasteiger partial charge in [0.05, 0.1) is 12.3 Å². The number of hydrogen-bond acceptors (Lipinski definition) is 4. The van der Waals surface area contributed by atoms with Crippen molar-refractivity contribution in [3.8, 4) is 0 Å². The number of amides is 1. The number of hydrogen-bond donors (Lipinski definition) is 1. The van der Waals surface area contributed by atoms with Gasteiger partial charge in [0, 0.05) is 6.54 Å². The summed E-state index contributed by atoms with van der Waals surface area (Å²) in [5.74, 6) is -0.763. The molecule has 1 N–H and O–H groups in total. The Labute approximate surface area is 99.9 Å². The third-order valence-electron chi connectivity index (χ3n) is 2.13. The van der Waals surface area contributed by atoms with Crippen LogP contribution < -0.4 is 5.32 Å². The zero-order chi connectivity index (χ0) is 12.8. The fraction of sp³-hybridized carbons (Fsp3) is 0.545. The molecule has 0 atom stereocenters. The minimum absolute atomic E-state index is 0.124. The van der Waals surface area contributed by atoms with Crippen LogP contribution in [0, 0.1) is 6.92 Å². The summed E-state index contributed by atoms with van der Waals surface area (Å²) in [5, 5.41) is 6.65. The third kappa shape index (κ3) is 3.58. The van der Waals surface area contributed by atoms with Gasteiger partial charge in [-0.3, -0.25) is 14.3 Å². The van der Waals surface area contributed by atoms with Gasteiger partial charge in [-0.15, -0.1) is 0 Å². The van der Waals surface area contributed by atoms with E-state index in [1.165, 1.54) is 0 Å². The number of esters is 1. The largest absolute Gasteiger partial charge is 0.465 e. The molecule has 0 aliphatic rings. The molecular formula is C11H17N3O3. The lowest BCUT2D eigenvalue weighted by Crippen LogP contribution is -2.32. The lowest BCUT2D eigenvalue weighted by atomic mass is 10.3. The van der Waals surface area contributed by atoms with Crippen molar-refractivity contribution in [2.45, 2.75) is 27.3 Å². The van der Waals surface area contributed by atoms with Crippen molar-refractivity contribution in [2.75, 3.05) is 13.2 Å². The van der Waals surface area contributed by atoms with Crippen molar-refractivity contribution in [3.63, 3.8) is 0 Å². The molecule has 0 radical (unpaired) electrons. The maximum absolute atomic E-state index is 11.8. The summed E-state index contributed by atoms with van der Waals surface area (Å²) < 4.78 is 6.31. The number of carbonyl (C=O) groups excluding carboxylic acids is 2. The van der Waals surface area contributed by atoms with Crippen LogP contribution in [0.1, 0.15) is 30.0 Å². The Bertz CT molecular complexity index is 412. The monoisotopic (exact) mass is 239 g/mol. The molecule has 1 amide bonds. The average Bonchev–Trinajstić information content (AvgIpc) is 2.68. The summed E-state index contributed by atoms with van der Waals surface area (Å²) in [5.41, 5.74) is 1.22. The second-order valence-corrected chi connectivity index (χ2v) is 3.47. The van der Waals surface area contributed by atoms with Gasteiger partial charge in [-0.25, -0.2) is 0 Å². The number of ether oxygens (including phenoxy) is 1. The number of aromatic nitrogens is 2. The highest BCUT2D eigenvalue weighted by Gasteiger charge is 2.14. The summed E-state index contributed by atoms with van der Waals surface area (Å²) in [6.07, 6.45) is 0. The Kier molecular flexibility index (Phi) is 4.68. The Hall–Kier alpha value is -1.85. The second-order valence-electron chi connectivity index (χ2n) is 3.47. The molecule has 0 aliphatic carbocycles. The molecule has 0 bridgehead atoms. The minimum atomic E-state index is -0.444. The standard InChI is InChI=1S/C11H17N3O3/c1-4-14-9(6-8(3)13-14)11(16)12-7-10(15)17-5-2/h6H,4-5,7H2,1-3H3,(H,12,16). The molecule has 0 unspecified atom stereocenters. The van der Waals surface area contributed by atoms with Gasteiger partial charge in [-0.1, -0.05) is 0 Å². The van der Waals surface area contributed by atoms with Crippen LogP contribution in [-0.4, -0.2) is 34.8 Å². The van der Waals surface area contributed by atoms with E-state index < -0.39 is 5.97 Å². The zero-order valence-electron chi connectivity index (χ0n) is 10.3. The first-order valence-electron chi connectivity index (χ1n) is 5.56. The third-order valence-corrected chi connectivity index (χ3v) is 2.13. The number of nitrogens with zero attached hydrogens (tertiary/aromatic N) is 2. The minimum Gasteiger partial charge on any atom is -0.465 e. The van der Waals surface area contributed by atoms with E-state index in [1.54, 1.807) is 17.7 Å². The molecule has 1 aromatic rings. The normalized spacial score (nSPS) is 10.1. The van der Waals surface area contributed by atoms with E-state index in [2.05, 4.69) is 10.4 Å². The summed E-state index contributed by atoms with van der Waals surface area (Å²) >= 11 is 0. The van der Waals surface area contributed by atoms with Crippen LogP contribution in [0.3, 0.4) is 0 Å². The highest BCUT2D eigenvalue weighted by Crippen LogP contribution is 2.03. The molecule has 0 saturated carbocycles. The first-order valence-corrected chi connectivity index (χ1v) is 5.56. The van der Waals surface area contributed by atoms with Gasteiger partial charge in [-0.05, 0) is 26.8 Å². The van der Waals surface area contributed by atoms with Crippen molar-refractivity contribution in [2.24, 2.45) is 0 Å². The Morgan fingerprint density at radius 2 is 2.18 bits per heavy atom. The maximum atomic E-state index is 11.8. The number of nitrogens with one attached hydrogen (secondary N) is 1. The van der Waals surface area contributed by atoms with Gasteiger partial charge in [0.15, 0.2) is 0 Å². The molecule has 0 aliphatic heterocycles.